The molecular weight excluding hydrogens is 477 g/mol. The molecule has 2 heterocycles. The summed E-state index contributed by atoms with van der Waals surface area (Å²) in [7, 11) is 0. The number of aromatic nitrogens is 2. The lowest BCUT2D eigenvalue weighted by Gasteiger charge is -2.28. The Morgan fingerprint density at radius 1 is 0.838 bits per heavy atom. The van der Waals surface area contributed by atoms with Crippen LogP contribution < -0.4 is 9.47 Å². The summed E-state index contributed by atoms with van der Waals surface area (Å²) < 4.78 is 56.0. The minimum absolute atomic E-state index is 0.0516. The smallest absolute Gasteiger partial charge is 0.277 e. The third-order valence-electron chi connectivity index (χ3n) is 7.00. The molecule has 1 aliphatic rings. The van der Waals surface area contributed by atoms with E-state index in [4.69, 9.17) is 9.47 Å². The van der Waals surface area contributed by atoms with E-state index >= 15 is 0 Å². The molecule has 0 atom stereocenters. The van der Waals surface area contributed by atoms with Crippen LogP contribution in [0.1, 0.15) is 115 Å². The van der Waals surface area contributed by atoms with Crippen LogP contribution in [0, 0.1) is 5.95 Å². The van der Waals surface area contributed by atoms with Gasteiger partial charge in [-0.15, -0.1) is 0 Å². The molecule has 2 aromatic heterocycles. The van der Waals surface area contributed by atoms with Crippen LogP contribution in [0.15, 0.2) is 18.3 Å². The van der Waals surface area contributed by atoms with Gasteiger partial charge in [0.25, 0.3) is 5.92 Å². The third kappa shape index (κ3) is 8.61. The Kier molecular flexibility index (Phi) is 12.0. The van der Waals surface area contributed by atoms with E-state index in [9.17, 15) is 13.2 Å². The van der Waals surface area contributed by atoms with Crippen LogP contribution in [-0.2, 0) is 12.3 Å². The molecule has 0 aliphatic heterocycles. The van der Waals surface area contributed by atoms with Crippen molar-refractivity contribution in [2.75, 3.05) is 13.2 Å². The Labute approximate surface area is 220 Å². The summed E-state index contributed by atoms with van der Waals surface area (Å²) in [6.07, 6.45) is 15.4. The molecular formula is C30H43F3N2O2. The zero-order chi connectivity index (χ0) is 26.5. The second kappa shape index (κ2) is 15.2. The van der Waals surface area contributed by atoms with Crippen molar-refractivity contribution in [3.63, 3.8) is 0 Å². The molecule has 0 saturated carbocycles. The number of alkyl halides is 2. The van der Waals surface area contributed by atoms with Gasteiger partial charge in [0.2, 0.25) is 11.8 Å². The number of pyridine rings is 2. The largest absolute Gasteiger partial charge is 0.492 e. The van der Waals surface area contributed by atoms with Crippen molar-refractivity contribution < 1.29 is 22.6 Å². The Hall–Kier alpha value is -2.31. The number of hydrogen-bond acceptors (Lipinski definition) is 4. The highest BCUT2D eigenvalue weighted by Crippen LogP contribution is 2.46. The Bertz CT molecular complexity index is 951. The van der Waals surface area contributed by atoms with E-state index in [-0.39, 0.29) is 24.3 Å². The van der Waals surface area contributed by atoms with Crippen LogP contribution in [-0.4, -0.2) is 23.2 Å². The summed E-state index contributed by atoms with van der Waals surface area (Å²) >= 11 is 0. The minimum atomic E-state index is -3.25. The van der Waals surface area contributed by atoms with Gasteiger partial charge in [-0.05, 0) is 43.4 Å². The molecule has 0 aromatic carbocycles. The van der Waals surface area contributed by atoms with E-state index < -0.39 is 17.4 Å². The molecule has 4 nitrogen and oxygen atoms in total. The van der Waals surface area contributed by atoms with Crippen LogP contribution in [0.5, 0.6) is 11.6 Å². The lowest BCUT2D eigenvalue weighted by atomic mass is 9.86. The van der Waals surface area contributed by atoms with Crippen molar-refractivity contribution in [1.29, 1.82) is 0 Å². The van der Waals surface area contributed by atoms with Crippen molar-refractivity contribution in [1.82, 2.24) is 9.97 Å². The molecule has 2 aromatic rings. The second-order valence-electron chi connectivity index (χ2n) is 10.1. The van der Waals surface area contributed by atoms with Crippen molar-refractivity contribution in [2.45, 2.75) is 116 Å². The molecule has 0 unspecified atom stereocenters. The van der Waals surface area contributed by atoms with E-state index in [0.717, 1.165) is 32.1 Å². The average Bonchev–Trinajstić information content (AvgIpc) is 2.87. The molecule has 0 bridgehead atoms. The lowest BCUT2D eigenvalue weighted by Crippen LogP contribution is -2.25. The van der Waals surface area contributed by atoms with E-state index in [1.807, 2.05) is 0 Å². The highest BCUT2D eigenvalue weighted by atomic mass is 19.3. The summed E-state index contributed by atoms with van der Waals surface area (Å²) in [4.78, 5) is 8.38. The standard InChI is InChI=1S/C30H43F3N2O2/c1-3-5-7-9-11-13-20-36-23-17-18-25(34-22-23)26-24-16-15-19-30(32,33)27(24)28(31)35-29(26)37-21-14-12-10-8-6-4-2/h17-18,22H,3-16,19-21H2,1-2H3. The molecule has 0 amide bonds. The van der Waals surface area contributed by atoms with Gasteiger partial charge in [-0.2, -0.15) is 9.37 Å². The van der Waals surface area contributed by atoms with Gasteiger partial charge in [0.15, 0.2) is 0 Å². The molecule has 0 saturated heterocycles. The van der Waals surface area contributed by atoms with E-state index in [1.165, 1.54) is 44.9 Å². The highest BCUT2D eigenvalue weighted by molar-refractivity contribution is 5.71. The summed E-state index contributed by atoms with van der Waals surface area (Å²) in [5.41, 5.74) is 0.483. The maximum Gasteiger partial charge on any atom is 0.277 e. The Balaban J connectivity index is 1.72. The number of unbranched alkanes of at least 4 members (excludes halogenated alkanes) is 10. The molecule has 37 heavy (non-hydrogen) atoms. The van der Waals surface area contributed by atoms with Gasteiger partial charge in [-0.3, -0.25) is 4.98 Å². The molecule has 0 radical (unpaired) electrons. The SMILES string of the molecule is CCCCCCCCOc1ccc(-c2c(OCCCCCCCC)nc(F)c3c2CCCC3(F)F)nc1. The zero-order valence-electron chi connectivity index (χ0n) is 22.6. The van der Waals surface area contributed by atoms with Crippen molar-refractivity contribution in [3.8, 4) is 22.9 Å². The first-order chi connectivity index (χ1) is 18.0. The van der Waals surface area contributed by atoms with Crippen LogP contribution in [0.4, 0.5) is 13.2 Å². The number of ether oxygens (including phenoxy) is 2. The van der Waals surface area contributed by atoms with Crippen molar-refractivity contribution in [2.24, 2.45) is 0 Å². The number of nitrogens with zero attached hydrogens (tertiary/aromatic N) is 2. The normalized spacial score (nSPS) is 14.4. The number of fused-ring (bicyclic) bond motifs is 1. The van der Waals surface area contributed by atoms with Crippen LogP contribution in [0.25, 0.3) is 11.3 Å². The number of halogens is 3. The Morgan fingerprint density at radius 3 is 2.08 bits per heavy atom. The van der Waals surface area contributed by atoms with Gasteiger partial charge in [0.05, 0.1) is 36.2 Å². The van der Waals surface area contributed by atoms with E-state index in [2.05, 4.69) is 23.8 Å². The first-order valence-corrected chi connectivity index (χ1v) is 14.3. The van der Waals surface area contributed by atoms with Gasteiger partial charge in [0, 0.05) is 6.42 Å². The fraction of sp³-hybridized carbons (Fsp3) is 0.667. The molecule has 206 valence electrons. The summed E-state index contributed by atoms with van der Waals surface area (Å²) in [6, 6.07) is 3.52. The average molecular weight is 521 g/mol. The summed E-state index contributed by atoms with van der Waals surface area (Å²) in [6.45, 7) is 5.35. The van der Waals surface area contributed by atoms with Crippen molar-refractivity contribution >= 4 is 0 Å². The predicted octanol–water partition coefficient (Wildman–Crippen LogP) is 9.19. The fourth-order valence-electron chi connectivity index (χ4n) is 4.92. The quantitative estimate of drug-likeness (QED) is 0.154. The van der Waals surface area contributed by atoms with E-state index in [0.29, 0.717) is 36.6 Å². The molecule has 1 aliphatic carbocycles. The number of hydrogen-bond donors (Lipinski definition) is 0. The van der Waals surface area contributed by atoms with Gasteiger partial charge in [0.1, 0.15) is 5.75 Å². The summed E-state index contributed by atoms with van der Waals surface area (Å²) in [5, 5.41) is 0. The third-order valence-corrected chi connectivity index (χ3v) is 7.00. The Morgan fingerprint density at radius 2 is 1.46 bits per heavy atom. The first-order valence-electron chi connectivity index (χ1n) is 14.3. The molecule has 0 N–H and O–H groups in total. The second-order valence-corrected chi connectivity index (χ2v) is 10.1. The number of rotatable bonds is 17. The van der Waals surface area contributed by atoms with Gasteiger partial charge < -0.3 is 9.47 Å². The molecule has 7 heteroatoms. The predicted molar refractivity (Wildman–Crippen MR) is 142 cm³/mol. The monoisotopic (exact) mass is 520 g/mol. The molecule has 3 rings (SSSR count). The lowest BCUT2D eigenvalue weighted by molar-refractivity contribution is -0.0259. The topological polar surface area (TPSA) is 44.2 Å². The first kappa shape index (κ1) is 29.2. The van der Waals surface area contributed by atoms with Crippen molar-refractivity contribution in [3.05, 3.63) is 35.4 Å². The maximum absolute atomic E-state index is 14.9. The summed E-state index contributed by atoms with van der Waals surface area (Å²) in [5.74, 6) is -3.71. The highest BCUT2D eigenvalue weighted by Gasteiger charge is 2.42. The van der Waals surface area contributed by atoms with Gasteiger partial charge in [-0.25, -0.2) is 8.78 Å². The maximum atomic E-state index is 14.9. The van der Waals surface area contributed by atoms with Gasteiger partial charge >= 0.3 is 0 Å². The van der Waals surface area contributed by atoms with Crippen LogP contribution in [0.3, 0.4) is 0 Å². The van der Waals surface area contributed by atoms with Gasteiger partial charge in [-0.1, -0.05) is 78.1 Å². The fourth-order valence-corrected chi connectivity index (χ4v) is 4.92. The van der Waals surface area contributed by atoms with E-state index in [1.54, 1.807) is 18.3 Å². The molecule has 0 fully saturated rings. The van der Waals surface area contributed by atoms with Crippen LogP contribution >= 0.6 is 0 Å². The zero-order valence-corrected chi connectivity index (χ0v) is 22.6. The molecule has 0 spiro atoms. The minimum Gasteiger partial charge on any atom is -0.492 e. The van der Waals surface area contributed by atoms with Crippen LogP contribution in [0.2, 0.25) is 0 Å².